The standard InChI is InChI=1S/C22H24N2S8/c1-22(2,3)18-15-13(25-5-7-27-15)12(31-18)10-9-11-19(29-10)24-21(30-11)17-14-16(20(23-4)32-17)28-8-6-26-14/h9,14,17,23H,5-8H2,1-4H3. The first-order valence-electron chi connectivity index (χ1n) is 10.6. The van der Waals surface area contributed by atoms with Gasteiger partial charge in [-0.1, -0.05) is 32.5 Å². The lowest BCUT2D eigenvalue weighted by atomic mass is 9.95. The van der Waals surface area contributed by atoms with Gasteiger partial charge in [-0.05, 0) is 11.5 Å². The first-order valence-corrected chi connectivity index (χ1v) is 17.9. The van der Waals surface area contributed by atoms with Crippen LogP contribution in [0.2, 0.25) is 0 Å². The topological polar surface area (TPSA) is 24.9 Å². The molecule has 1 N–H and O–H groups in total. The Balaban J connectivity index is 1.35. The Hall–Kier alpha value is 0.580. The Morgan fingerprint density at radius 2 is 1.72 bits per heavy atom. The molecule has 6 heterocycles. The number of hydrogen-bond acceptors (Lipinski definition) is 10. The average Bonchev–Trinajstić information content (AvgIpc) is 3.51. The van der Waals surface area contributed by atoms with Gasteiger partial charge in [0.1, 0.15) is 9.84 Å². The van der Waals surface area contributed by atoms with E-state index in [4.69, 9.17) is 4.98 Å². The van der Waals surface area contributed by atoms with Gasteiger partial charge in [0.25, 0.3) is 0 Å². The van der Waals surface area contributed by atoms with Gasteiger partial charge in [0.05, 0.1) is 25.1 Å². The van der Waals surface area contributed by atoms with Gasteiger partial charge in [0.15, 0.2) is 0 Å². The molecule has 0 aliphatic carbocycles. The molecule has 6 rings (SSSR count). The highest BCUT2D eigenvalue weighted by molar-refractivity contribution is 8.13. The van der Waals surface area contributed by atoms with Gasteiger partial charge in [-0.3, -0.25) is 0 Å². The molecule has 0 aromatic carbocycles. The van der Waals surface area contributed by atoms with Gasteiger partial charge in [-0.25, -0.2) is 4.98 Å². The monoisotopic (exact) mass is 572 g/mol. The molecular formula is C22H24N2S8. The minimum Gasteiger partial charge on any atom is -0.382 e. The van der Waals surface area contributed by atoms with E-state index >= 15 is 0 Å². The lowest BCUT2D eigenvalue weighted by Gasteiger charge is -2.23. The molecule has 3 aromatic rings. The zero-order valence-corrected chi connectivity index (χ0v) is 24.8. The number of thiophene rings is 2. The van der Waals surface area contributed by atoms with Crippen LogP contribution >= 0.6 is 92.8 Å². The van der Waals surface area contributed by atoms with Crippen LogP contribution in [0.25, 0.3) is 19.3 Å². The highest BCUT2D eigenvalue weighted by Gasteiger charge is 2.41. The van der Waals surface area contributed by atoms with E-state index < -0.39 is 0 Å². The van der Waals surface area contributed by atoms with E-state index in [1.54, 1.807) is 14.7 Å². The van der Waals surface area contributed by atoms with E-state index in [0.717, 1.165) is 0 Å². The molecule has 170 valence electrons. The fraction of sp³-hybridized carbons (Fsp3) is 0.500. The maximum Gasteiger partial charge on any atom is 0.135 e. The molecule has 3 aliphatic rings. The Morgan fingerprint density at radius 3 is 2.47 bits per heavy atom. The second-order valence-corrected chi connectivity index (χ2v) is 17.7. The van der Waals surface area contributed by atoms with Crippen molar-refractivity contribution in [3.8, 4) is 9.75 Å². The second-order valence-electron chi connectivity index (χ2n) is 8.82. The predicted molar refractivity (Wildman–Crippen MR) is 156 cm³/mol. The number of aromatic nitrogens is 1. The maximum atomic E-state index is 5.20. The van der Waals surface area contributed by atoms with Crippen molar-refractivity contribution in [2.75, 3.05) is 30.1 Å². The molecule has 0 saturated carbocycles. The SMILES string of the molecule is CNC1=C2SCCSC2C(c2nc3sc(-c4sc(C(C)(C)C)c5c4SCCS5)cc3s2)S1. The first-order chi connectivity index (χ1) is 15.4. The molecule has 10 heteroatoms. The van der Waals surface area contributed by atoms with E-state index in [1.165, 1.54) is 57.2 Å². The van der Waals surface area contributed by atoms with Crippen molar-refractivity contribution >= 4 is 102 Å². The summed E-state index contributed by atoms with van der Waals surface area (Å²) < 4.78 is 1.36. The van der Waals surface area contributed by atoms with Crippen molar-refractivity contribution in [2.45, 2.75) is 46.5 Å². The van der Waals surface area contributed by atoms with Crippen molar-refractivity contribution in [1.82, 2.24) is 10.3 Å². The fourth-order valence-electron chi connectivity index (χ4n) is 4.10. The number of thiazole rings is 1. The number of rotatable bonds is 3. The Kier molecular flexibility index (Phi) is 6.40. The van der Waals surface area contributed by atoms with Crippen LogP contribution in [-0.2, 0) is 5.41 Å². The minimum absolute atomic E-state index is 0.197. The molecule has 3 aromatic heterocycles. The first kappa shape index (κ1) is 23.0. The molecule has 3 aliphatic heterocycles. The van der Waals surface area contributed by atoms with Crippen LogP contribution in [0.5, 0.6) is 0 Å². The average molecular weight is 573 g/mol. The molecule has 1 fully saturated rings. The van der Waals surface area contributed by atoms with E-state index in [2.05, 4.69) is 74.5 Å². The van der Waals surface area contributed by atoms with Crippen LogP contribution in [0.1, 0.15) is 35.9 Å². The van der Waals surface area contributed by atoms with Crippen LogP contribution in [0.15, 0.2) is 25.8 Å². The van der Waals surface area contributed by atoms with Crippen molar-refractivity contribution in [2.24, 2.45) is 0 Å². The van der Waals surface area contributed by atoms with Crippen molar-refractivity contribution in [1.29, 1.82) is 0 Å². The third-order valence-electron chi connectivity index (χ3n) is 5.52. The van der Waals surface area contributed by atoms with E-state index in [1.807, 2.05) is 57.5 Å². The van der Waals surface area contributed by atoms with Gasteiger partial charge in [-0.2, -0.15) is 11.8 Å². The van der Waals surface area contributed by atoms with Crippen LogP contribution in [0.4, 0.5) is 0 Å². The molecule has 0 spiro atoms. The lowest BCUT2D eigenvalue weighted by molar-refractivity contribution is 0.591. The largest absolute Gasteiger partial charge is 0.382 e. The number of fused-ring (bicyclic) bond motifs is 3. The molecule has 2 nitrogen and oxygen atoms in total. The van der Waals surface area contributed by atoms with Gasteiger partial charge >= 0.3 is 0 Å². The summed E-state index contributed by atoms with van der Waals surface area (Å²) >= 11 is 16.1. The highest BCUT2D eigenvalue weighted by atomic mass is 32.2. The Labute approximate surface area is 223 Å². The maximum absolute atomic E-state index is 5.20. The van der Waals surface area contributed by atoms with Crippen molar-refractivity contribution in [3.63, 3.8) is 0 Å². The van der Waals surface area contributed by atoms with E-state index in [0.29, 0.717) is 10.5 Å². The molecular weight excluding hydrogens is 549 g/mol. The summed E-state index contributed by atoms with van der Waals surface area (Å²) in [4.78, 5) is 15.5. The van der Waals surface area contributed by atoms with E-state index in [-0.39, 0.29) is 5.41 Å². The zero-order valence-electron chi connectivity index (χ0n) is 18.3. The molecule has 0 amide bonds. The smallest absolute Gasteiger partial charge is 0.135 e. The molecule has 1 saturated heterocycles. The quantitative estimate of drug-likeness (QED) is 0.335. The number of nitrogens with one attached hydrogen (secondary N) is 1. The third kappa shape index (κ3) is 3.92. The molecule has 2 unspecified atom stereocenters. The summed E-state index contributed by atoms with van der Waals surface area (Å²) in [6, 6.07) is 2.43. The van der Waals surface area contributed by atoms with Crippen LogP contribution in [-0.4, -0.2) is 40.3 Å². The minimum atomic E-state index is 0.197. The van der Waals surface area contributed by atoms with Crippen LogP contribution in [0.3, 0.4) is 0 Å². The van der Waals surface area contributed by atoms with Gasteiger partial charge < -0.3 is 5.32 Å². The van der Waals surface area contributed by atoms with Crippen molar-refractivity contribution in [3.05, 3.63) is 25.9 Å². The molecule has 32 heavy (non-hydrogen) atoms. The molecule has 0 bridgehead atoms. The Morgan fingerprint density at radius 1 is 0.938 bits per heavy atom. The fourth-order valence-corrected chi connectivity index (χ4v) is 16.0. The summed E-state index contributed by atoms with van der Waals surface area (Å²) in [5.41, 5.74) is 0.197. The number of thioether (sulfide) groups is 5. The Bertz CT molecular complexity index is 1180. The highest BCUT2D eigenvalue weighted by Crippen LogP contribution is 2.59. The van der Waals surface area contributed by atoms with Gasteiger partial charge in [0.2, 0.25) is 0 Å². The van der Waals surface area contributed by atoms with Crippen molar-refractivity contribution < 1.29 is 0 Å². The number of hydrogen-bond donors (Lipinski definition) is 1. The molecule has 0 radical (unpaired) electrons. The van der Waals surface area contributed by atoms with E-state index in [9.17, 15) is 0 Å². The summed E-state index contributed by atoms with van der Waals surface area (Å²) in [6.45, 7) is 7.06. The van der Waals surface area contributed by atoms with Gasteiger partial charge in [-0.15, -0.1) is 69.3 Å². The molecule has 2 atom stereocenters. The normalized spacial score (nSPS) is 23.6. The second kappa shape index (κ2) is 8.91. The number of nitrogens with zero attached hydrogens (tertiary/aromatic N) is 1. The third-order valence-corrected chi connectivity index (χ3v) is 17.2. The van der Waals surface area contributed by atoms with Crippen LogP contribution < -0.4 is 5.32 Å². The predicted octanol–water partition coefficient (Wildman–Crippen LogP) is 8.61. The summed E-state index contributed by atoms with van der Waals surface area (Å²) in [5, 5.41) is 7.13. The zero-order chi connectivity index (χ0) is 22.0. The van der Waals surface area contributed by atoms with Crippen LogP contribution in [0, 0.1) is 0 Å². The van der Waals surface area contributed by atoms with Gasteiger partial charge in [0, 0.05) is 54.5 Å². The summed E-state index contributed by atoms with van der Waals surface area (Å²) in [7, 11) is 2.06. The summed E-state index contributed by atoms with van der Waals surface area (Å²) in [5.74, 6) is 4.91. The summed E-state index contributed by atoms with van der Waals surface area (Å²) in [6.07, 6.45) is 0. The lowest BCUT2D eigenvalue weighted by Crippen LogP contribution is -2.15.